The summed E-state index contributed by atoms with van der Waals surface area (Å²) >= 11 is 0. The Morgan fingerprint density at radius 2 is 1.96 bits per heavy atom. The number of nitro groups is 1. The molecule has 0 N–H and O–H groups in total. The Labute approximate surface area is 162 Å². The van der Waals surface area contributed by atoms with Gasteiger partial charge in [-0.15, -0.1) is 0 Å². The summed E-state index contributed by atoms with van der Waals surface area (Å²) in [4.78, 5) is 25.2. The molecule has 1 saturated heterocycles. The van der Waals surface area contributed by atoms with Gasteiger partial charge in [-0.25, -0.2) is 0 Å². The monoisotopic (exact) mass is 386 g/mol. The molecule has 6 heteroatoms. The average molecular weight is 387 g/mol. The van der Waals surface area contributed by atoms with Crippen molar-refractivity contribution in [3.05, 3.63) is 63.9 Å². The third-order valence-corrected chi connectivity index (χ3v) is 6.05. The van der Waals surface area contributed by atoms with Crippen LogP contribution < -0.4 is 0 Å². The summed E-state index contributed by atoms with van der Waals surface area (Å²) in [5.74, 6) is -0.263. The standard InChI is InChI=1S/C21H30N2O3Si/c1-27(2,3)17-10-6-4-5-7-12-18-13-11-16-22(18)21(24)19-14-8-9-15-20(19)23(25)26/h6,8-10,12,14-15H,4-5,7,11,13,16-17H2,1-3H3/b10-6-,18-12+. The molecule has 1 aliphatic rings. The highest BCUT2D eigenvalue weighted by atomic mass is 28.3. The van der Waals surface area contributed by atoms with Gasteiger partial charge >= 0.3 is 0 Å². The maximum absolute atomic E-state index is 12.8. The minimum absolute atomic E-state index is 0.124. The Hall–Kier alpha value is -2.21. The lowest BCUT2D eigenvalue weighted by molar-refractivity contribution is -0.385. The van der Waals surface area contributed by atoms with E-state index >= 15 is 0 Å². The lowest BCUT2D eigenvalue weighted by Gasteiger charge is -2.18. The van der Waals surface area contributed by atoms with E-state index in [0.29, 0.717) is 6.54 Å². The van der Waals surface area contributed by atoms with Gasteiger partial charge in [-0.1, -0.05) is 50.0 Å². The Morgan fingerprint density at radius 1 is 1.22 bits per heavy atom. The van der Waals surface area contributed by atoms with Gasteiger partial charge in [-0.2, -0.15) is 0 Å². The lowest BCUT2D eigenvalue weighted by Crippen LogP contribution is -2.27. The highest BCUT2D eigenvalue weighted by molar-refractivity contribution is 6.76. The molecule has 1 aliphatic heterocycles. The quantitative estimate of drug-likeness (QED) is 0.187. The minimum atomic E-state index is -1.00. The number of amides is 1. The molecule has 1 aromatic rings. The molecule has 0 spiro atoms. The number of rotatable bonds is 8. The summed E-state index contributed by atoms with van der Waals surface area (Å²) in [6.07, 6.45) is 11.5. The second-order valence-corrected chi connectivity index (χ2v) is 13.7. The lowest BCUT2D eigenvalue weighted by atomic mass is 10.1. The van der Waals surface area contributed by atoms with Gasteiger partial charge in [0.2, 0.25) is 0 Å². The number of benzene rings is 1. The van der Waals surface area contributed by atoms with Crippen molar-refractivity contribution in [2.45, 2.75) is 57.8 Å². The normalized spacial score (nSPS) is 16.4. The molecule has 0 unspecified atom stereocenters. The molecule has 1 heterocycles. The van der Waals surface area contributed by atoms with Crippen LogP contribution in [0.5, 0.6) is 0 Å². The predicted molar refractivity (Wildman–Crippen MR) is 113 cm³/mol. The number of unbranched alkanes of at least 4 members (excludes halogenated alkanes) is 2. The summed E-state index contributed by atoms with van der Waals surface area (Å²) in [7, 11) is -1.00. The average Bonchev–Trinajstić information content (AvgIpc) is 3.07. The Bertz CT molecular complexity index is 735. The van der Waals surface area contributed by atoms with E-state index in [-0.39, 0.29) is 17.2 Å². The molecular weight excluding hydrogens is 356 g/mol. The molecule has 5 nitrogen and oxygen atoms in total. The van der Waals surface area contributed by atoms with E-state index in [1.807, 2.05) is 0 Å². The topological polar surface area (TPSA) is 63.5 Å². The van der Waals surface area contributed by atoms with Gasteiger partial charge in [-0.3, -0.25) is 14.9 Å². The Kier molecular flexibility index (Phi) is 7.53. The minimum Gasteiger partial charge on any atom is -0.312 e. The van der Waals surface area contributed by atoms with Crippen LogP contribution in [0.2, 0.25) is 25.7 Å². The first-order valence-electron chi connectivity index (χ1n) is 9.69. The summed E-state index contributed by atoms with van der Waals surface area (Å²) in [5.41, 5.74) is 1.05. The molecule has 1 fully saturated rings. The molecule has 1 amide bonds. The van der Waals surface area contributed by atoms with Crippen LogP contribution in [0.4, 0.5) is 5.69 Å². The van der Waals surface area contributed by atoms with Crippen LogP contribution in [0.25, 0.3) is 0 Å². The smallest absolute Gasteiger partial charge is 0.282 e. The number of hydrogen-bond donors (Lipinski definition) is 0. The first-order chi connectivity index (χ1) is 12.8. The van der Waals surface area contributed by atoms with E-state index in [9.17, 15) is 14.9 Å². The molecule has 2 rings (SSSR count). The van der Waals surface area contributed by atoms with E-state index in [1.165, 1.54) is 12.1 Å². The maximum atomic E-state index is 12.8. The van der Waals surface area contributed by atoms with Gasteiger partial charge in [0.25, 0.3) is 11.6 Å². The Morgan fingerprint density at radius 3 is 2.67 bits per heavy atom. The van der Waals surface area contributed by atoms with Gasteiger partial charge in [0.05, 0.1) is 4.92 Å². The molecule has 0 aromatic heterocycles. The van der Waals surface area contributed by atoms with Crippen molar-refractivity contribution >= 4 is 19.7 Å². The van der Waals surface area contributed by atoms with Crippen LogP contribution >= 0.6 is 0 Å². The van der Waals surface area contributed by atoms with Crippen molar-refractivity contribution in [1.29, 1.82) is 0 Å². The number of nitro benzene ring substituents is 1. The largest absolute Gasteiger partial charge is 0.312 e. The first-order valence-corrected chi connectivity index (χ1v) is 13.4. The highest BCUT2D eigenvalue weighted by Gasteiger charge is 2.28. The zero-order chi connectivity index (χ0) is 19.9. The van der Waals surface area contributed by atoms with E-state index in [4.69, 9.17) is 0 Å². The third kappa shape index (κ3) is 6.47. The van der Waals surface area contributed by atoms with Crippen LogP contribution in [-0.2, 0) is 0 Å². The molecule has 27 heavy (non-hydrogen) atoms. The van der Waals surface area contributed by atoms with Crippen molar-refractivity contribution in [2.24, 2.45) is 0 Å². The predicted octanol–water partition coefficient (Wildman–Crippen LogP) is 5.78. The van der Waals surface area contributed by atoms with Gasteiger partial charge in [0, 0.05) is 26.4 Å². The summed E-state index contributed by atoms with van der Waals surface area (Å²) < 4.78 is 0. The van der Waals surface area contributed by atoms with E-state index in [2.05, 4.69) is 37.9 Å². The zero-order valence-corrected chi connectivity index (χ0v) is 17.6. The summed E-state index contributed by atoms with van der Waals surface area (Å²) in [5, 5.41) is 11.2. The number of para-hydroxylation sites is 1. The van der Waals surface area contributed by atoms with Crippen molar-refractivity contribution in [3.8, 4) is 0 Å². The number of likely N-dealkylation sites (tertiary alicyclic amines) is 1. The molecule has 1 aromatic carbocycles. The third-order valence-electron chi connectivity index (χ3n) is 4.59. The fourth-order valence-corrected chi connectivity index (χ4v) is 4.03. The molecule has 146 valence electrons. The fourth-order valence-electron chi connectivity index (χ4n) is 3.16. The fraction of sp³-hybridized carbons (Fsp3) is 0.476. The number of allylic oxidation sites excluding steroid dienone is 4. The number of carbonyl (C=O) groups is 1. The molecule has 0 aliphatic carbocycles. The highest BCUT2D eigenvalue weighted by Crippen LogP contribution is 2.27. The second kappa shape index (κ2) is 9.64. The molecule has 0 bridgehead atoms. The van der Waals surface area contributed by atoms with Crippen molar-refractivity contribution < 1.29 is 9.72 Å². The number of hydrogen-bond acceptors (Lipinski definition) is 3. The van der Waals surface area contributed by atoms with Crippen LogP contribution in [0.15, 0.2) is 48.2 Å². The molecule has 0 atom stereocenters. The summed E-state index contributed by atoms with van der Waals surface area (Å²) in [6.45, 7) is 7.73. The molecule has 0 radical (unpaired) electrons. The van der Waals surface area contributed by atoms with Gasteiger partial charge in [0.1, 0.15) is 5.56 Å². The van der Waals surface area contributed by atoms with Crippen LogP contribution in [0, 0.1) is 10.1 Å². The Balaban J connectivity index is 1.94. The number of nitrogens with zero attached hydrogens (tertiary/aromatic N) is 2. The first kappa shape index (κ1) is 21.1. The second-order valence-electron chi connectivity index (χ2n) is 8.20. The molecular formula is C21H30N2O3Si. The van der Waals surface area contributed by atoms with Crippen LogP contribution in [0.3, 0.4) is 0 Å². The zero-order valence-electron chi connectivity index (χ0n) is 16.6. The van der Waals surface area contributed by atoms with Crippen molar-refractivity contribution in [1.82, 2.24) is 4.90 Å². The van der Waals surface area contributed by atoms with Crippen LogP contribution in [0.1, 0.15) is 42.5 Å². The summed E-state index contributed by atoms with van der Waals surface area (Å²) in [6, 6.07) is 7.41. The molecule has 0 saturated carbocycles. The van der Waals surface area contributed by atoms with Crippen molar-refractivity contribution in [3.63, 3.8) is 0 Å². The maximum Gasteiger partial charge on any atom is 0.282 e. The van der Waals surface area contributed by atoms with Crippen LogP contribution in [-0.4, -0.2) is 30.3 Å². The SMILES string of the molecule is C[Si](C)(C)C/C=C\CCC/C=C1\CCCN1C(=O)c1ccccc1[N+](=O)[O-]. The van der Waals surface area contributed by atoms with Gasteiger partial charge in [-0.05, 0) is 44.2 Å². The van der Waals surface area contributed by atoms with E-state index in [1.54, 1.807) is 23.1 Å². The van der Waals surface area contributed by atoms with E-state index < -0.39 is 13.0 Å². The van der Waals surface area contributed by atoms with Gasteiger partial charge < -0.3 is 4.90 Å². The van der Waals surface area contributed by atoms with Crippen molar-refractivity contribution in [2.75, 3.05) is 6.54 Å². The number of carbonyl (C=O) groups excluding carboxylic acids is 1. The van der Waals surface area contributed by atoms with Gasteiger partial charge in [0.15, 0.2) is 0 Å². The van der Waals surface area contributed by atoms with E-state index in [0.717, 1.165) is 37.8 Å².